The van der Waals surface area contributed by atoms with E-state index in [-0.39, 0.29) is 0 Å². The molecule has 3 nitrogen and oxygen atoms in total. The van der Waals surface area contributed by atoms with Crippen LogP contribution in [0.3, 0.4) is 0 Å². The van der Waals surface area contributed by atoms with E-state index in [4.69, 9.17) is 5.73 Å². The Hall–Kier alpha value is -1.64. The molecule has 0 unspecified atom stereocenters. The predicted molar refractivity (Wildman–Crippen MR) is 68.2 cm³/mol. The van der Waals surface area contributed by atoms with Gasteiger partial charge in [0.2, 0.25) is 0 Å². The van der Waals surface area contributed by atoms with E-state index in [2.05, 4.69) is 47.1 Å². The smallest absolute Gasteiger partial charge is 0.0367 e. The van der Waals surface area contributed by atoms with Crippen LogP contribution in [0.5, 0.6) is 0 Å². The lowest BCUT2D eigenvalue weighted by atomic mass is 10.2. The second-order valence-electron chi connectivity index (χ2n) is 4.12. The predicted octanol–water partition coefficient (Wildman–Crippen LogP) is 1.63. The number of benzene rings is 1. The van der Waals surface area contributed by atoms with Gasteiger partial charge in [0, 0.05) is 43.8 Å². The molecule has 1 fully saturated rings. The van der Waals surface area contributed by atoms with Crippen molar-refractivity contribution in [3.63, 3.8) is 0 Å². The summed E-state index contributed by atoms with van der Waals surface area (Å²) < 4.78 is 0. The number of nitrogens with zero attached hydrogens (tertiary/aromatic N) is 2. The maximum Gasteiger partial charge on any atom is 0.0367 e. The van der Waals surface area contributed by atoms with E-state index < -0.39 is 0 Å². The summed E-state index contributed by atoms with van der Waals surface area (Å²) in [5, 5.41) is 0. The summed E-state index contributed by atoms with van der Waals surface area (Å²) >= 11 is 0. The SMILES string of the molecule is C/C(=C\N)N1CCN(c2ccccc2)CC1. The number of allylic oxidation sites excluding steroid dienone is 1. The maximum absolute atomic E-state index is 5.53. The van der Waals surface area contributed by atoms with Crippen molar-refractivity contribution < 1.29 is 0 Å². The van der Waals surface area contributed by atoms with E-state index in [1.807, 2.05) is 0 Å². The largest absolute Gasteiger partial charge is 0.403 e. The summed E-state index contributed by atoms with van der Waals surface area (Å²) in [7, 11) is 0. The zero-order valence-corrected chi connectivity index (χ0v) is 9.76. The lowest BCUT2D eigenvalue weighted by Gasteiger charge is -2.37. The summed E-state index contributed by atoms with van der Waals surface area (Å²) in [5.41, 5.74) is 8.02. The van der Waals surface area contributed by atoms with E-state index in [0.717, 1.165) is 26.2 Å². The molecule has 2 N–H and O–H groups in total. The van der Waals surface area contributed by atoms with Gasteiger partial charge in [0.15, 0.2) is 0 Å². The molecular formula is C13H19N3. The van der Waals surface area contributed by atoms with Gasteiger partial charge in [-0.05, 0) is 19.1 Å². The molecule has 1 aromatic rings. The normalized spacial score (nSPS) is 17.7. The Labute approximate surface area is 97.2 Å². The van der Waals surface area contributed by atoms with Crippen molar-refractivity contribution in [2.24, 2.45) is 5.73 Å². The molecule has 1 aromatic carbocycles. The Morgan fingerprint density at radius 3 is 2.31 bits per heavy atom. The third-order valence-corrected chi connectivity index (χ3v) is 3.14. The van der Waals surface area contributed by atoms with Crippen molar-refractivity contribution >= 4 is 5.69 Å². The highest BCUT2D eigenvalue weighted by Crippen LogP contribution is 2.16. The molecule has 0 bridgehead atoms. The first-order valence-electron chi connectivity index (χ1n) is 5.74. The van der Waals surface area contributed by atoms with Crippen LogP contribution in [-0.4, -0.2) is 31.1 Å². The van der Waals surface area contributed by atoms with Gasteiger partial charge in [0.05, 0.1) is 0 Å². The molecule has 0 aromatic heterocycles. The van der Waals surface area contributed by atoms with E-state index in [0.29, 0.717) is 0 Å². The van der Waals surface area contributed by atoms with E-state index in [1.165, 1.54) is 11.4 Å². The molecule has 0 saturated carbocycles. The molecule has 0 amide bonds. The van der Waals surface area contributed by atoms with Crippen LogP contribution in [0.1, 0.15) is 6.92 Å². The second-order valence-corrected chi connectivity index (χ2v) is 4.12. The number of piperazine rings is 1. The lowest BCUT2D eigenvalue weighted by Crippen LogP contribution is -2.45. The molecule has 1 saturated heterocycles. The van der Waals surface area contributed by atoms with Crippen LogP contribution in [-0.2, 0) is 0 Å². The highest BCUT2D eigenvalue weighted by Gasteiger charge is 2.16. The van der Waals surface area contributed by atoms with Crippen LogP contribution >= 0.6 is 0 Å². The van der Waals surface area contributed by atoms with Crippen LogP contribution in [0, 0.1) is 0 Å². The van der Waals surface area contributed by atoms with Crippen molar-refractivity contribution in [2.45, 2.75) is 6.92 Å². The zero-order valence-electron chi connectivity index (χ0n) is 9.76. The first kappa shape index (κ1) is 10.9. The van der Waals surface area contributed by atoms with Gasteiger partial charge in [-0.15, -0.1) is 0 Å². The molecule has 0 atom stereocenters. The van der Waals surface area contributed by atoms with Gasteiger partial charge in [-0.25, -0.2) is 0 Å². The van der Waals surface area contributed by atoms with Gasteiger partial charge in [0.25, 0.3) is 0 Å². The number of hydrogen-bond acceptors (Lipinski definition) is 3. The molecule has 16 heavy (non-hydrogen) atoms. The molecule has 1 heterocycles. The average Bonchev–Trinajstić information content (AvgIpc) is 2.39. The Bertz CT molecular complexity index is 351. The van der Waals surface area contributed by atoms with Gasteiger partial charge >= 0.3 is 0 Å². The summed E-state index contributed by atoms with van der Waals surface area (Å²) in [6.07, 6.45) is 1.69. The third kappa shape index (κ3) is 2.30. The fraction of sp³-hybridized carbons (Fsp3) is 0.385. The van der Waals surface area contributed by atoms with Crippen LogP contribution in [0.4, 0.5) is 5.69 Å². The molecule has 0 radical (unpaired) electrons. The van der Waals surface area contributed by atoms with Gasteiger partial charge in [-0.2, -0.15) is 0 Å². The molecule has 2 rings (SSSR count). The quantitative estimate of drug-likeness (QED) is 0.817. The van der Waals surface area contributed by atoms with Gasteiger partial charge in [0.1, 0.15) is 0 Å². The monoisotopic (exact) mass is 217 g/mol. The number of rotatable bonds is 2. The Kier molecular flexibility index (Phi) is 3.34. The average molecular weight is 217 g/mol. The van der Waals surface area contributed by atoms with Crippen LogP contribution in [0.15, 0.2) is 42.2 Å². The summed E-state index contributed by atoms with van der Waals surface area (Å²) in [6.45, 7) is 6.30. The van der Waals surface area contributed by atoms with Gasteiger partial charge < -0.3 is 15.5 Å². The van der Waals surface area contributed by atoms with Crippen LogP contribution < -0.4 is 10.6 Å². The topological polar surface area (TPSA) is 32.5 Å². The van der Waals surface area contributed by atoms with Crippen molar-refractivity contribution in [1.82, 2.24) is 4.90 Å². The first-order valence-corrected chi connectivity index (χ1v) is 5.74. The zero-order chi connectivity index (χ0) is 11.4. The van der Waals surface area contributed by atoms with E-state index >= 15 is 0 Å². The lowest BCUT2D eigenvalue weighted by molar-refractivity contribution is 0.321. The highest BCUT2D eigenvalue weighted by molar-refractivity contribution is 5.46. The number of para-hydroxylation sites is 1. The summed E-state index contributed by atoms with van der Waals surface area (Å²) in [5.74, 6) is 0. The molecule has 86 valence electrons. The molecule has 3 heteroatoms. The molecule has 1 aliphatic heterocycles. The van der Waals surface area contributed by atoms with Crippen molar-refractivity contribution in [1.29, 1.82) is 0 Å². The minimum atomic E-state index is 1.05. The first-order chi connectivity index (χ1) is 7.81. The Morgan fingerprint density at radius 2 is 1.75 bits per heavy atom. The third-order valence-electron chi connectivity index (χ3n) is 3.14. The Morgan fingerprint density at radius 1 is 1.12 bits per heavy atom. The van der Waals surface area contributed by atoms with Crippen molar-refractivity contribution in [2.75, 3.05) is 31.1 Å². The minimum absolute atomic E-state index is 1.05. The van der Waals surface area contributed by atoms with Gasteiger partial charge in [-0.1, -0.05) is 18.2 Å². The summed E-state index contributed by atoms with van der Waals surface area (Å²) in [4.78, 5) is 4.75. The molecule has 0 spiro atoms. The highest BCUT2D eigenvalue weighted by atomic mass is 15.3. The minimum Gasteiger partial charge on any atom is -0.403 e. The van der Waals surface area contributed by atoms with Gasteiger partial charge in [-0.3, -0.25) is 0 Å². The maximum atomic E-state index is 5.53. The number of nitrogens with two attached hydrogens (primary N) is 1. The second kappa shape index (κ2) is 4.92. The fourth-order valence-corrected chi connectivity index (χ4v) is 2.06. The van der Waals surface area contributed by atoms with Crippen molar-refractivity contribution in [3.05, 3.63) is 42.2 Å². The van der Waals surface area contributed by atoms with Crippen LogP contribution in [0.2, 0.25) is 0 Å². The Balaban J connectivity index is 1.96. The molecular weight excluding hydrogens is 198 g/mol. The van der Waals surface area contributed by atoms with Crippen molar-refractivity contribution in [3.8, 4) is 0 Å². The molecule has 0 aliphatic carbocycles. The van der Waals surface area contributed by atoms with Crippen LogP contribution in [0.25, 0.3) is 0 Å². The number of anilines is 1. The van der Waals surface area contributed by atoms with E-state index in [1.54, 1.807) is 6.20 Å². The summed E-state index contributed by atoms with van der Waals surface area (Å²) in [6, 6.07) is 10.6. The standard InChI is InChI=1S/C13H19N3/c1-12(11-14)15-7-9-16(10-8-15)13-5-3-2-4-6-13/h2-6,11H,7-10,14H2,1H3/b12-11+. The molecule has 1 aliphatic rings. The number of hydrogen-bond donors (Lipinski definition) is 1. The fourth-order valence-electron chi connectivity index (χ4n) is 2.06. The van der Waals surface area contributed by atoms with E-state index in [9.17, 15) is 0 Å².